The summed E-state index contributed by atoms with van der Waals surface area (Å²) in [6.07, 6.45) is 4.13. The van der Waals surface area contributed by atoms with Crippen LogP contribution in [0.3, 0.4) is 0 Å². The Morgan fingerprint density at radius 1 is 1.32 bits per heavy atom. The molecule has 1 amide bonds. The molecule has 7 heteroatoms. The summed E-state index contributed by atoms with van der Waals surface area (Å²) >= 11 is 0. The van der Waals surface area contributed by atoms with E-state index in [2.05, 4.69) is 16.8 Å². The van der Waals surface area contributed by atoms with Crippen molar-refractivity contribution in [2.24, 2.45) is 0 Å². The minimum atomic E-state index is -3.36. The first kappa shape index (κ1) is 16.5. The van der Waals surface area contributed by atoms with Crippen LogP contribution in [0, 0.1) is 0 Å². The largest absolute Gasteiger partial charge is 0.347 e. The maximum atomic E-state index is 11.9. The summed E-state index contributed by atoms with van der Waals surface area (Å²) in [4.78, 5) is 11.9. The molecule has 0 saturated heterocycles. The molecule has 1 aromatic carbocycles. The highest BCUT2D eigenvalue weighted by Gasteiger charge is 2.15. The lowest BCUT2D eigenvalue weighted by molar-refractivity contribution is -0.116. The van der Waals surface area contributed by atoms with Crippen molar-refractivity contribution in [3.8, 4) is 0 Å². The number of benzene rings is 1. The number of carbonyl (C=O) groups is 1. The molecule has 1 heterocycles. The second kappa shape index (κ2) is 6.50. The predicted molar refractivity (Wildman–Crippen MR) is 88.3 cm³/mol. The lowest BCUT2D eigenvalue weighted by atomic mass is 10.2. The van der Waals surface area contributed by atoms with Crippen molar-refractivity contribution in [3.05, 3.63) is 30.5 Å². The van der Waals surface area contributed by atoms with Gasteiger partial charge in [-0.05, 0) is 30.0 Å². The van der Waals surface area contributed by atoms with Gasteiger partial charge in [0.1, 0.15) is 0 Å². The van der Waals surface area contributed by atoms with E-state index in [1.54, 1.807) is 0 Å². The SMILES string of the molecule is CCCn1ccc2ccc(NC(=O)CN(C)S(C)(=O)=O)cc21. The standard InChI is InChI=1S/C15H21N3O3S/c1-4-8-18-9-7-12-5-6-13(10-14(12)18)16-15(19)11-17(2)22(3,20)21/h5-7,9-10H,4,8,11H2,1-3H3,(H,16,19). The Bertz CT molecular complexity index is 780. The molecule has 22 heavy (non-hydrogen) atoms. The van der Waals surface area contributed by atoms with Gasteiger partial charge in [0.05, 0.1) is 18.3 Å². The quantitative estimate of drug-likeness (QED) is 0.882. The highest BCUT2D eigenvalue weighted by Crippen LogP contribution is 2.21. The van der Waals surface area contributed by atoms with E-state index < -0.39 is 10.0 Å². The molecule has 1 aromatic heterocycles. The van der Waals surface area contributed by atoms with Gasteiger partial charge in [0.25, 0.3) is 0 Å². The number of nitrogens with zero attached hydrogens (tertiary/aromatic N) is 2. The lowest BCUT2D eigenvalue weighted by Crippen LogP contribution is -2.34. The third kappa shape index (κ3) is 3.86. The molecule has 0 aliphatic heterocycles. The third-order valence-electron chi connectivity index (χ3n) is 3.45. The van der Waals surface area contributed by atoms with Gasteiger partial charge in [-0.2, -0.15) is 4.31 Å². The first-order valence-corrected chi connectivity index (χ1v) is 8.96. The van der Waals surface area contributed by atoms with Gasteiger partial charge in [0, 0.05) is 25.5 Å². The number of carbonyl (C=O) groups excluding carboxylic acids is 1. The van der Waals surface area contributed by atoms with E-state index in [4.69, 9.17) is 0 Å². The number of anilines is 1. The number of nitrogens with one attached hydrogen (secondary N) is 1. The van der Waals surface area contributed by atoms with Crippen LogP contribution in [0.4, 0.5) is 5.69 Å². The van der Waals surface area contributed by atoms with Gasteiger partial charge in [-0.25, -0.2) is 8.42 Å². The number of aryl methyl sites for hydroxylation is 1. The topological polar surface area (TPSA) is 71.4 Å². The molecule has 2 aromatic rings. The van der Waals surface area contributed by atoms with Crippen molar-refractivity contribution >= 4 is 32.5 Å². The zero-order valence-corrected chi connectivity index (χ0v) is 13.9. The average Bonchev–Trinajstić information content (AvgIpc) is 2.81. The molecule has 120 valence electrons. The normalized spacial score (nSPS) is 12.0. The maximum Gasteiger partial charge on any atom is 0.239 e. The van der Waals surface area contributed by atoms with Gasteiger partial charge in [0.2, 0.25) is 15.9 Å². The van der Waals surface area contributed by atoms with Gasteiger partial charge < -0.3 is 9.88 Å². The van der Waals surface area contributed by atoms with E-state index in [9.17, 15) is 13.2 Å². The summed E-state index contributed by atoms with van der Waals surface area (Å²) < 4.78 is 25.8. The number of sulfonamides is 1. The van der Waals surface area contributed by atoms with Crippen molar-refractivity contribution < 1.29 is 13.2 Å². The van der Waals surface area contributed by atoms with Crippen LogP contribution >= 0.6 is 0 Å². The van der Waals surface area contributed by atoms with Gasteiger partial charge in [0.15, 0.2) is 0 Å². The number of amides is 1. The average molecular weight is 323 g/mol. The Hall–Kier alpha value is -1.86. The summed E-state index contributed by atoms with van der Waals surface area (Å²) in [5.74, 6) is -0.360. The van der Waals surface area contributed by atoms with E-state index in [0.29, 0.717) is 5.69 Å². The fraction of sp³-hybridized carbons (Fsp3) is 0.400. The summed E-state index contributed by atoms with van der Waals surface area (Å²) in [6, 6.07) is 7.70. The molecule has 0 spiro atoms. The Balaban J connectivity index is 2.14. The minimum absolute atomic E-state index is 0.202. The van der Waals surface area contributed by atoms with Crippen molar-refractivity contribution in [1.82, 2.24) is 8.87 Å². The smallest absolute Gasteiger partial charge is 0.239 e. The van der Waals surface area contributed by atoms with Crippen LogP contribution in [0.25, 0.3) is 10.9 Å². The zero-order chi connectivity index (χ0) is 16.3. The summed E-state index contributed by atoms with van der Waals surface area (Å²) in [5.41, 5.74) is 1.71. The molecule has 0 aliphatic rings. The summed E-state index contributed by atoms with van der Waals surface area (Å²) in [7, 11) is -1.98. The monoisotopic (exact) mass is 323 g/mol. The summed E-state index contributed by atoms with van der Waals surface area (Å²) in [5, 5.41) is 3.85. The van der Waals surface area contributed by atoms with Crippen LogP contribution in [0.1, 0.15) is 13.3 Å². The molecular formula is C15H21N3O3S. The first-order valence-electron chi connectivity index (χ1n) is 7.11. The fourth-order valence-corrected chi connectivity index (χ4v) is 2.57. The van der Waals surface area contributed by atoms with Crippen molar-refractivity contribution in [2.75, 3.05) is 25.2 Å². The van der Waals surface area contributed by atoms with Crippen LogP contribution in [-0.4, -0.2) is 43.0 Å². The van der Waals surface area contributed by atoms with E-state index >= 15 is 0 Å². The van der Waals surface area contributed by atoms with Crippen molar-refractivity contribution in [2.45, 2.75) is 19.9 Å². The second-order valence-electron chi connectivity index (χ2n) is 5.35. The number of aromatic nitrogens is 1. The Labute approximate surface area is 130 Å². The third-order valence-corrected chi connectivity index (χ3v) is 4.72. The van der Waals surface area contributed by atoms with Crippen LogP contribution in [0.5, 0.6) is 0 Å². The highest BCUT2D eigenvalue weighted by atomic mass is 32.2. The predicted octanol–water partition coefficient (Wildman–Crippen LogP) is 1.88. The molecule has 0 fully saturated rings. The van der Waals surface area contributed by atoms with E-state index in [-0.39, 0.29) is 12.5 Å². The molecule has 1 N–H and O–H groups in total. The first-order chi connectivity index (χ1) is 10.3. The zero-order valence-electron chi connectivity index (χ0n) is 13.0. The number of hydrogen-bond donors (Lipinski definition) is 1. The number of rotatable bonds is 6. The van der Waals surface area contributed by atoms with Gasteiger partial charge in [-0.15, -0.1) is 0 Å². The number of fused-ring (bicyclic) bond motifs is 1. The molecular weight excluding hydrogens is 302 g/mol. The Kier molecular flexibility index (Phi) is 4.87. The molecule has 0 unspecified atom stereocenters. The molecule has 2 rings (SSSR count). The second-order valence-corrected chi connectivity index (χ2v) is 7.44. The van der Waals surface area contributed by atoms with E-state index in [0.717, 1.165) is 34.4 Å². The molecule has 0 bridgehead atoms. The van der Waals surface area contributed by atoms with E-state index in [1.165, 1.54) is 7.05 Å². The molecule has 0 atom stereocenters. The Morgan fingerprint density at radius 3 is 2.68 bits per heavy atom. The number of hydrogen-bond acceptors (Lipinski definition) is 3. The van der Waals surface area contributed by atoms with Crippen LogP contribution in [0.2, 0.25) is 0 Å². The lowest BCUT2D eigenvalue weighted by Gasteiger charge is -2.14. The van der Waals surface area contributed by atoms with Gasteiger partial charge in [-0.3, -0.25) is 4.79 Å². The molecule has 0 radical (unpaired) electrons. The van der Waals surface area contributed by atoms with Crippen LogP contribution in [-0.2, 0) is 21.4 Å². The number of likely N-dealkylation sites (N-methyl/N-ethyl adjacent to an activating group) is 1. The van der Waals surface area contributed by atoms with Gasteiger partial charge >= 0.3 is 0 Å². The van der Waals surface area contributed by atoms with Crippen LogP contribution < -0.4 is 5.32 Å². The fourth-order valence-electron chi connectivity index (χ4n) is 2.22. The van der Waals surface area contributed by atoms with Crippen LogP contribution in [0.15, 0.2) is 30.5 Å². The highest BCUT2D eigenvalue weighted by molar-refractivity contribution is 7.88. The van der Waals surface area contributed by atoms with Crippen molar-refractivity contribution in [3.63, 3.8) is 0 Å². The molecule has 0 aliphatic carbocycles. The van der Waals surface area contributed by atoms with Crippen molar-refractivity contribution in [1.29, 1.82) is 0 Å². The maximum absolute atomic E-state index is 11.9. The summed E-state index contributed by atoms with van der Waals surface area (Å²) in [6.45, 7) is 2.82. The molecule has 6 nitrogen and oxygen atoms in total. The molecule has 0 saturated carbocycles. The minimum Gasteiger partial charge on any atom is -0.347 e. The Morgan fingerprint density at radius 2 is 2.05 bits per heavy atom. The van der Waals surface area contributed by atoms with Gasteiger partial charge in [-0.1, -0.05) is 13.0 Å². The van der Waals surface area contributed by atoms with E-state index in [1.807, 2.05) is 30.5 Å².